The number of aromatic nitrogens is 2. The lowest BCUT2D eigenvalue weighted by Crippen LogP contribution is -2.31. The predicted octanol–water partition coefficient (Wildman–Crippen LogP) is 1.73. The van der Waals surface area contributed by atoms with Crippen molar-refractivity contribution in [3.05, 3.63) is 30.0 Å². The first kappa shape index (κ1) is 22.7. The summed E-state index contributed by atoms with van der Waals surface area (Å²) in [5, 5.41) is 10.6. The maximum Gasteiger partial charge on any atom is 0.220 e. The fraction of sp³-hybridized carbons (Fsp3) is 0.545. The fourth-order valence-corrected chi connectivity index (χ4v) is 4.11. The lowest BCUT2D eigenvalue weighted by molar-refractivity contribution is -0.139. The minimum absolute atomic E-state index is 0.124. The third-order valence-corrected chi connectivity index (χ3v) is 5.75. The predicted molar refractivity (Wildman–Crippen MR) is 117 cm³/mol. The van der Waals surface area contributed by atoms with Crippen molar-refractivity contribution < 1.29 is 28.8 Å². The molecule has 2 fully saturated rings. The fourth-order valence-electron chi connectivity index (χ4n) is 4.11. The summed E-state index contributed by atoms with van der Waals surface area (Å²) in [7, 11) is 3.17. The van der Waals surface area contributed by atoms with Crippen molar-refractivity contribution in [3.63, 3.8) is 0 Å². The molecule has 174 valence electrons. The molecule has 0 aliphatic carbocycles. The highest BCUT2D eigenvalue weighted by atomic mass is 16.7. The molecule has 10 nitrogen and oxygen atoms in total. The zero-order valence-corrected chi connectivity index (χ0v) is 18.4. The second-order valence-electron chi connectivity index (χ2n) is 7.93. The summed E-state index contributed by atoms with van der Waals surface area (Å²) in [6.45, 7) is 2.90. The molecular weight excluding hydrogens is 416 g/mol. The highest BCUT2D eigenvalue weighted by molar-refractivity contribution is 5.73. The molecule has 0 spiro atoms. The van der Waals surface area contributed by atoms with Gasteiger partial charge in [-0.25, -0.2) is 9.97 Å². The van der Waals surface area contributed by atoms with E-state index in [4.69, 9.17) is 29.4 Å². The first-order valence-corrected chi connectivity index (χ1v) is 10.6. The normalized spacial score (nSPS) is 23.2. The van der Waals surface area contributed by atoms with Crippen LogP contribution in [-0.4, -0.2) is 81.4 Å². The van der Waals surface area contributed by atoms with Crippen LogP contribution < -0.4 is 10.6 Å². The lowest BCUT2D eigenvalue weighted by Gasteiger charge is -2.20. The second-order valence-corrected chi connectivity index (χ2v) is 7.93. The molecule has 2 aliphatic heterocycles. The number of anilines is 2. The van der Waals surface area contributed by atoms with E-state index in [1.54, 1.807) is 20.3 Å². The van der Waals surface area contributed by atoms with Crippen LogP contribution in [-0.2, 0) is 23.7 Å². The highest BCUT2D eigenvalue weighted by Crippen LogP contribution is 2.35. The Bertz CT molecular complexity index is 892. The zero-order chi connectivity index (χ0) is 22.5. The van der Waals surface area contributed by atoms with Crippen LogP contribution in [0.15, 0.2) is 24.3 Å². The van der Waals surface area contributed by atoms with Gasteiger partial charge in [0.15, 0.2) is 0 Å². The number of phenolic OH excluding ortho intramolecular Hbond substituents is 1. The van der Waals surface area contributed by atoms with Crippen molar-refractivity contribution in [2.45, 2.75) is 24.5 Å². The maximum absolute atomic E-state index is 10.6. The van der Waals surface area contributed by atoms with Crippen LogP contribution >= 0.6 is 0 Å². The Kier molecular flexibility index (Phi) is 7.38. The van der Waals surface area contributed by atoms with E-state index >= 15 is 0 Å². The number of benzene rings is 1. The number of phenols is 1. The monoisotopic (exact) mass is 446 g/mol. The van der Waals surface area contributed by atoms with Crippen LogP contribution in [0.5, 0.6) is 5.75 Å². The number of nitrogen functional groups attached to an aromatic ring is 1. The third kappa shape index (κ3) is 5.11. The Morgan fingerprint density at radius 3 is 2.44 bits per heavy atom. The van der Waals surface area contributed by atoms with E-state index in [9.17, 15) is 5.11 Å². The Hall–Kier alpha value is -2.50. The first-order chi connectivity index (χ1) is 15.6. The molecule has 4 rings (SSSR count). The summed E-state index contributed by atoms with van der Waals surface area (Å²) in [6, 6.07) is 7.31. The molecule has 0 amide bonds. The summed E-state index contributed by atoms with van der Waals surface area (Å²) < 4.78 is 27.2. The molecule has 0 radical (unpaired) electrons. The molecule has 3 N–H and O–H groups in total. The molecule has 2 aliphatic rings. The zero-order valence-electron chi connectivity index (χ0n) is 18.4. The summed E-state index contributed by atoms with van der Waals surface area (Å²) in [5.41, 5.74) is 8.91. The third-order valence-electron chi connectivity index (χ3n) is 5.75. The van der Waals surface area contributed by atoms with Gasteiger partial charge in [0, 0.05) is 51.1 Å². The van der Waals surface area contributed by atoms with Gasteiger partial charge in [-0.15, -0.1) is 0 Å². The second kappa shape index (κ2) is 10.4. The molecule has 1 aromatic heterocycles. The summed E-state index contributed by atoms with van der Waals surface area (Å²) in [4.78, 5) is 10.9. The number of methoxy groups -OCH3 is 2. The van der Waals surface area contributed by atoms with E-state index < -0.39 is 0 Å². The minimum atomic E-state index is -0.175. The molecule has 0 bridgehead atoms. The Morgan fingerprint density at radius 1 is 1.09 bits per heavy atom. The van der Waals surface area contributed by atoms with Crippen LogP contribution in [0, 0.1) is 0 Å². The topological polar surface area (TPSA) is 121 Å². The van der Waals surface area contributed by atoms with E-state index in [-0.39, 0.29) is 43.4 Å². The molecule has 3 heterocycles. The van der Waals surface area contributed by atoms with E-state index in [0.717, 1.165) is 17.8 Å². The van der Waals surface area contributed by atoms with Gasteiger partial charge in [-0.1, -0.05) is 0 Å². The van der Waals surface area contributed by atoms with E-state index in [1.807, 2.05) is 18.2 Å². The van der Waals surface area contributed by atoms with Gasteiger partial charge in [0.1, 0.15) is 31.5 Å². The number of nitrogens with two attached hydrogens (primary N) is 1. The van der Waals surface area contributed by atoms with Crippen molar-refractivity contribution in [3.8, 4) is 17.0 Å². The average Bonchev–Trinajstić information content (AvgIpc) is 3.46. The molecular formula is C22H30N4O6. The number of hydrogen-bond acceptors (Lipinski definition) is 10. The lowest BCUT2D eigenvalue weighted by atomic mass is 10.0. The molecule has 1 unspecified atom stereocenters. The summed E-state index contributed by atoms with van der Waals surface area (Å²) in [5.74, 6) is 0.482. The molecule has 1 aromatic carbocycles. The van der Waals surface area contributed by atoms with Crippen LogP contribution in [0.25, 0.3) is 11.3 Å². The number of nitrogens with zero attached hydrogens (tertiary/aromatic N) is 3. The average molecular weight is 447 g/mol. The molecule has 0 saturated carbocycles. The largest absolute Gasteiger partial charge is 0.507 e. The maximum atomic E-state index is 10.6. The van der Waals surface area contributed by atoms with Crippen molar-refractivity contribution in [2.75, 3.05) is 64.7 Å². The Labute approximate surface area is 187 Å². The van der Waals surface area contributed by atoms with Gasteiger partial charge < -0.3 is 39.4 Å². The van der Waals surface area contributed by atoms with Crippen molar-refractivity contribution >= 4 is 11.6 Å². The molecule has 3 atom stereocenters. The van der Waals surface area contributed by atoms with Crippen LogP contribution in [0.4, 0.5) is 11.6 Å². The molecule has 2 saturated heterocycles. The van der Waals surface area contributed by atoms with Gasteiger partial charge in [-0.05, 0) is 30.7 Å². The van der Waals surface area contributed by atoms with Crippen LogP contribution in [0.1, 0.15) is 18.0 Å². The van der Waals surface area contributed by atoms with E-state index in [2.05, 4.69) is 14.9 Å². The van der Waals surface area contributed by atoms with Gasteiger partial charge >= 0.3 is 0 Å². The van der Waals surface area contributed by atoms with Crippen LogP contribution in [0.2, 0.25) is 0 Å². The minimum Gasteiger partial charge on any atom is -0.507 e. The number of rotatable bonds is 9. The standard InChI is InChI=1S/C22H30N4O6/c1-28-12-31-20-9-26(10-21(20)32-13-29-2)15-3-4-19(27)16(7-15)18-8-17(24-22(23)25-18)14-5-6-30-11-14/h3-4,7-8,14,20-21,27H,5-6,9-13H2,1-2H3,(H2,23,24,25)/t14?,20-,21-/m0/s1. The molecule has 2 aromatic rings. The van der Waals surface area contributed by atoms with Gasteiger partial charge in [0.2, 0.25) is 5.95 Å². The first-order valence-electron chi connectivity index (χ1n) is 10.6. The Morgan fingerprint density at radius 2 is 1.81 bits per heavy atom. The summed E-state index contributed by atoms with van der Waals surface area (Å²) >= 11 is 0. The number of hydrogen-bond donors (Lipinski definition) is 2. The number of ether oxygens (including phenoxy) is 5. The number of aromatic hydroxyl groups is 1. The van der Waals surface area contributed by atoms with Gasteiger partial charge in [-0.3, -0.25) is 0 Å². The van der Waals surface area contributed by atoms with Crippen molar-refractivity contribution in [1.82, 2.24) is 9.97 Å². The van der Waals surface area contributed by atoms with Crippen molar-refractivity contribution in [1.29, 1.82) is 0 Å². The van der Waals surface area contributed by atoms with Crippen LogP contribution in [0.3, 0.4) is 0 Å². The molecule has 10 heteroatoms. The Balaban J connectivity index is 1.59. The van der Waals surface area contributed by atoms with E-state index in [0.29, 0.717) is 37.6 Å². The quantitative estimate of drug-likeness (QED) is 0.551. The van der Waals surface area contributed by atoms with Gasteiger partial charge in [-0.2, -0.15) is 0 Å². The smallest absolute Gasteiger partial charge is 0.220 e. The van der Waals surface area contributed by atoms with E-state index in [1.165, 1.54) is 0 Å². The van der Waals surface area contributed by atoms with Crippen molar-refractivity contribution in [2.24, 2.45) is 0 Å². The summed E-state index contributed by atoms with van der Waals surface area (Å²) in [6.07, 6.45) is 0.540. The van der Waals surface area contributed by atoms with Gasteiger partial charge in [0.05, 0.1) is 18.0 Å². The highest BCUT2D eigenvalue weighted by Gasteiger charge is 2.35. The van der Waals surface area contributed by atoms with Gasteiger partial charge in [0.25, 0.3) is 0 Å². The molecule has 32 heavy (non-hydrogen) atoms. The SMILES string of the molecule is COCO[C@H]1CN(c2ccc(O)c(-c3cc(C4CCOC4)nc(N)n3)c2)C[C@@H]1OCOC.